The van der Waals surface area contributed by atoms with Crippen molar-refractivity contribution in [2.75, 3.05) is 6.61 Å². The number of nitrogens with zero attached hydrogens (tertiary/aromatic N) is 1. The number of ether oxygens (including phenoxy) is 3. The number of esters is 2. The molecule has 0 unspecified atom stereocenters. The largest absolute Gasteiger partial charge is 0.459 e. The maximum atomic E-state index is 12.8. The smallest absolute Gasteiger partial charge is 0.338 e. The van der Waals surface area contributed by atoms with Crippen LogP contribution in [0.15, 0.2) is 64.3 Å². The molecule has 0 radical (unpaired) electrons. The Balaban J connectivity index is 1.54. The van der Waals surface area contributed by atoms with Crippen molar-refractivity contribution in [3.05, 3.63) is 103 Å². The summed E-state index contributed by atoms with van der Waals surface area (Å²) in [6, 6.07) is 13.8. The standard InChI is InChI=1S/C26H25ClN2O7/c1-15-3-7-17(8-4-15)24(31)34-14-21-20(36-25(32)18-9-5-16(2)6-10-18)11-22(35-21)29-13-19(12-27)23(30)28-26(29)33/h3-10,13,20-22H,11-12,14H2,1-2H3,(H,28,30,33)/t20-,21+,22+/m0/s1. The van der Waals surface area contributed by atoms with E-state index in [9.17, 15) is 19.2 Å². The molecule has 1 aliphatic rings. The first-order valence-electron chi connectivity index (χ1n) is 11.3. The summed E-state index contributed by atoms with van der Waals surface area (Å²) >= 11 is 5.82. The highest BCUT2D eigenvalue weighted by Crippen LogP contribution is 2.31. The quantitative estimate of drug-likeness (QED) is 0.381. The second kappa shape index (κ2) is 10.9. The number of aromatic amines is 1. The number of nitrogens with one attached hydrogen (secondary N) is 1. The van der Waals surface area contributed by atoms with E-state index in [2.05, 4.69) is 4.98 Å². The van der Waals surface area contributed by atoms with Crippen LogP contribution in [0, 0.1) is 13.8 Å². The molecule has 36 heavy (non-hydrogen) atoms. The summed E-state index contributed by atoms with van der Waals surface area (Å²) in [5, 5.41) is 0. The van der Waals surface area contributed by atoms with Crippen molar-refractivity contribution in [3.63, 3.8) is 0 Å². The van der Waals surface area contributed by atoms with Gasteiger partial charge in [0.2, 0.25) is 0 Å². The summed E-state index contributed by atoms with van der Waals surface area (Å²) in [4.78, 5) is 51.9. The second-order valence-electron chi connectivity index (χ2n) is 8.59. The van der Waals surface area contributed by atoms with Gasteiger partial charge in [-0.1, -0.05) is 35.4 Å². The lowest BCUT2D eigenvalue weighted by Crippen LogP contribution is -2.34. The highest BCUT2D eigenvalue weighted by atomic mass is 35.5. The topological polar surface area (TPSA) is 117 Å². The first kappa shape index (κ1) is 25.4. The van der Waals surface area contributed by atoms with Gasteiger partial charge in [0.1, 0.15) is 25.0 Å². The number of benzene rings is 2. The van der Waals surface area contributed by atoms with Gasteiger partial charge < -0.3 is 14.2 Å². The van der Waals surface area contributed by atoms with Crippen LogP contribution in [0.1, 0.15) is 50.1 Å². The fourth-order valence-corrected chi connectivity index (χ4v) is 4.00. The van der Waals surface area contributed by atoms with Crippen molar-refractivity contribution >= 4 is 23.5 Å². The van der Waals surface area contributed by atoms with Gasteiger partial charge in [0, 0.05) is 18.2 Å². The molecule has 2 heterocycles. The average Bonchev–Trinajstić information content (AvgIpc) is 3.25. The van der Waals surface area contributed by atoms with Gasteiger partial charge in [0.25, 0.3) is 5.56 Å². The minimum absolute atomic E-state index is 0.0953. The van der Waals surface area contributed by atoms with Crippen molar-refractivity contribution in [1.82, 2.24) is 9.55 Å². The fraction of sp³-hybridized carbons (Fsp3) is 0.308. The molecular formula is C26H25ClN2O7. The van der Waals surface area contributed by atoms with Crippen LogP contribution in [0.5, 0.6) is 0 Å². The SMILES string of the molecule is Cc1ccc(C(=O)OC[C@H]2O[C@@H](n3cc(CCl)c(=O)[nH]c3=O)C[C@@H]2OC(=O)c2ccc(C)cc2)cc1. The maximum absolute atomic E-state index is 12.8. The van der Waals surface area contributed by atoms with Gasteiger partial charge in [0.15, 0.2) is 0 Å². The van der Waals surface area contributed by atoms with E-state index in [0.717, 1.165) is 11.1 Å². The van der Waals surface area contributed by atoms with E-state index in [1.807, 2.05) is 13.8 Å². The molecule has 1 aliphatic heterocycles. The molecule has 1 N–H and O–H groups in total. The molecule has 1 aromatic heterocycles. The summed E-state index contributed by atoms with van der Waals surface area (Å²) in [5.74, 6) is -1.24. The van der Waals surface area contributed by atoms with Crippen LogP contribution in [0.3, 0.4) is 0 Å². The molecule has 9 nitrogen and oxygen atoms in total. The van der Waals surface area contributed by atoms with E-state index in [1.165, 1.54) is 10.8 Å². The molecule has 0 bridgehead atoms. The molecule has 3 atom stereocenters. The molecule has 1 fully saturated rings. The Kier molecular flexibility index (Phi) is 7.71. The lowest BCUT2D eigenvalue weighted by atomic mass is 10.1. The van der Waals surface area contributed by atoms with E-state index in [4.69, 9.17) is 25.8 Å². The highest BCUT2D eigenvalue weighted by Gasteiger charge is 2.40. The maximum Gasteiger partial charge on any atom is 0.338 e. The first-order valence-corrected chi connectivity index (χ1v) is 11.9. The Hall–Kier alpha value is -3.69. The molecule has 2 aromatic carbocycles. The Labute approximate surface area is 211 Å². The molecule has 4 rings (SSSR count). The lowest BCUT2D eigenvalue weighted by Gasteiger charge is -2.19. The van der Waals surface area contributed by atoms with E-state index < -0.39 is 41.6 Å². The molecule has 188 valence electrons. The summed E-state index contributed by atoms with van der Waals surface area (Å²) in [5.41, 5.74) is 1.61. The van der Waals surface area contributed by atoms with Crippen molar-refractivity contribution < 1.29 is 23.8 Å². The number of aryl methyl sites for hydroxylation is 2. The number of hydrogen-bond donors (Lipinski definition) is 1. The van der Waals surface area contributed by atoms with Crippen molar-refractivity contribution in [2.24, 2.45) is 0 Å². The van der Waals surface area contributed by atoms with Gasteiger partial charge in [-0.05, 0) is 38.1 Å². The Morgan fingerprint density at radius 1 is 1.00 bits per heavy atom. The number of rotatable bonds is 7. The second-order valence-corrected chi connectivity index (χ2v) is 8.86. The molecule has 3 aromatic rings. The van der Waals surface area contributed by atoms with Gasteiger partial charge in [-0.3, -0.25) is 14.3 Å². The van der Waals surface area contributed by atoms with Crippen LogP contribution in [0.4, 0.5) is 0 Å². The predicted octanol–water partition coefficient (Wildman–Crippen LogP) is 3.26. The fourth-order valence-electron chi connectivity index (χ4n) is 3.81. The zero-order chi connectivity index (χ0) is 25.8. The van der Waals surface area contributed by atoms with Gasteiger partial charge >= 0.3 is 17.6 Å². The normalized spacial score (nSPS) is 19.1. The number of carbonyl (C=O) groups excluding carboxylic acids is 2. The summed E-state index contributed by atoms with van der Waals surface area (Å²) in [7, 11) is 0. The number of H-pyrrole nitrogens is 1. The molecule has 0 aliphatic carbocycles. The molecular weight excluding hydrogens is 488 g/mol. The number of halogens is 1. The van der Waals surface area contributed by atoms with E-state index in [-0.39, 0.29) is 24.5 Å². The minimum Gasteiger partial charge on any atom is -0.459 e. The van der Waals surface area contributed by atoms with Crippen molar-refractivity contribution in [3.8, 4) is 0 Å². The van der Waals surface area contributed by atoms with Crippen LogP contribution in [-0.4, -0.2) is 40.3 Å². The van der Waals surface area contributed by atoms with Gasteiger partial charge in [-0.2, -0.15) is 0 Å². The van der Waals surface area contributed by atoms with Crippen molar-refractivity contribution in [1.29, 1.82) is 0 Å². The lowest BCUT2D eigenvalue weighted by molar-refractivity contribution is -0.0582. The number of aromatic nitrogens is 2. The molecule has 0 saturated carbocycles. The van der Waals surface area contributed by atoms with Crippen LogP contribution in [0.25, 0.3) is 0 Å². The van der Waals surface area contributed by atoms with Crippen LogP contribution in [0.2, 0.25) is 0 Å². The zero-order valence-corrected chi connectivity index (χ0v) is 20.5. The molecule has 1 saturated heterocycles. The van der Waals surface area contributed by atoms with Crippen LogP contribution < -0.4 is 11.2 Å². The Bertz CT molecular complexity index is 1360. The number of carbonyl (C=O) groups is 2. The highest BCUT2D eigenvalue weighted by molar-refractivity contribution is 6.17. The number of hydrogen-bond acceptors (Lipinski definition) is 7. The molecule has 0 spiro atoms. The third-order valence-corrected chi connectivity index (χ3v) is 6.18. The van der Waals surface area contributed by atoms with Crippen LogP contribution in [-0.2, 0) is 20.1 Å². The molecule has 0 amide bonds. The zero-order valence-electron chi connectivity index (χ0n) is 19.7. The summed E-state index contributed by atoms with van der Waals surface area (Å²) in [6.45, 7) is 3.60. The third kappa shape index (κ3) is 5.75. The monoisotopic (exact) mass is 512 g/mol. The minimum atomic E-state index is -0.879. The first-order chi connectivity index (χ1) is 17.2. The average molecular weight is 513 g/mol. The van der Waals surface area contributed by atoms with E-state index in [1.54, 1.807) is 48.5 Å². The van der Waals surface area contributed by atoms with E-state index >= 15 is 0 Å². The summed E-state index contributed by atoms with van der Waals surface area (Å²) < 4.78 is 18.3. The Morgan fingerprint density at radius 3 is 2.17 bits per heavy atom. The van der Waals surface area contributed by atoms with E-state index in [0.29, 0.717) is 11.1 Å². The molecule has 10 heteroatoms. The van der Waals surface area contributed by atoms with Crippen LogP contribution >= 0.6 is 11.6 Å². The third-order valence-electron chi connectivity index (χ3n) is 5.89. The summed E-state index contributed by atoms with van der Waals surface area (Å²) in [6.07, 6.45) is -1.14. The van der Waals surface area contributed by atoms with Gasteiger partial charge in [-0.25, -0.2) is 14.4 Å². The predicted molar refractivity (Wildman–Crippen MR) is 131 cm³/mol. The Morgan fingerprint density at radius 2 is 1.58 bits per heavy atom. The van der Waals surface area contributed by atoms with Gasteiger partial charge in [-0.15, -0.1) is 11.6 Å². The van der Waals surface area contributed by atoms with Gasteiger partial charge in [0.05, 0.1) is 17.0 Å². The van der Waals surface area contributed by atoms with Crippen molar-refractivity contribution in [2.45, 2.75) is 44.6 Å². The number of alkyl halides is 1.